The topological polar surface area (TPSA) is 84.0 Å². The van der Waals surface area contributed by atoms with Crippen LogP contribution in [0.5, 0.6) is 0 Å². The Morgan fingerprint density at radius 3 is 2.46 bits per heavy atom. The van der Waals surface area contributed by atoms with Crippen LogP contribution in [0.3, 0.4) is 0 Å². The summed E-state index contributed by atoms with van der Waals surface area (Å²) in [6.07, 6.45) is 0. The summed E-state index contributed by atoms with van der Waals surface area (Å²) in [6, 6.07) is 13.0. The van der Waals surface area contributed by atoms with Gasteiger partial charge in [-0.2, -0.15) is 0 Å². The second-order valence-corrected chi connectivity index (χ2v) is 8.02. The minimum Gasteiger partial charge on any atom is -0.356 e. The molecule has 1 amide bonds. The largest absolute Gasteiger partial charge is 0.356 e. The molecule has 0 saturated carbocycles. The molecule has 0 atom stereocenters. The Balaban J connectivity index is 1.48. The van der Waals surface area contributed by atoms with E-state index in [9.17, 15) is 14.0 Å². The van der Waals surface area contributed by atoms with Crippen molar-refractivity contribution in [1.82, 2.24) is 10.2 Å². The molecule has 0 fully saturated rings. The molecule has 0 bridgehead atoms. The quantitative estimate of drug-likeness (QED) is 0.422. The lowest BCUT2D eigenvalue weighted by Crippen LogP contribution is -2.06. The third-order valence-electron chi connectivity index (χ3n) is 3.62. The molecular formula is C19H17FN4O2S2. The molecule has 0 radical (unpaired) electrons. The van der Waals surface area contributed by atoms with E-state index in [1.54, 1.807) is 36.4 Å². The number of anilines is 2. The first-order chi connectivity index (χ1) is 13.5. The number of carbonyl (C=O) groups excluding carboxylic acids is 2. The van der Waals surface area contributed by atoms with Crippen molar-refractivity contribution >= 4 is 45.6 Å². The molecule has 0 spiro atoms. The average Bonchev–Trinajstić information content (AvgIpc) is 3.14. The van der Waals surface area contributed by atoms with Crippen molar-refractivity contribution < 1.29 is 14.0 Å². The number of carbonyl (C=O) groups is 2. The number of hydrogen-bond acceptors (Lipinski definition) is 7. The number of Topliss-reactive ketones (excluding diaryl/α,β-unsaturated/α-hetero) is 1. The van der Waals surface area contributed by atoms with Gasteiger partial charge >= 0.3 is 0 Å². The van der Waals surface area contributed by atoms with E-state index in [-0.39, 0.29) is 23.3 Å². The molecule has 2 aromatic carbocycles. The van der Waals surface area contributed by atoms with Gasteiger partial charge in [-0.3, -0.25) is 9.59 Å². The number of rotatable bonds is 8. The highest BCUT2D eigenvalue weighted by atomic mass is 32.2. The average molecular weight is 417 g/mol. The lowest BCUT2D eigenvalue weighted by molar-refractivity contribution is -0.114. The zero-order valence-electron chi connectivity index (χ0n) is 14.9. The van der Waals surface area contributed by atoms with Crippen LogP contribution in [0.2, 0.25) is 0 Å². The van der Waals surface area contributed by atoms with Crippen molar-refractivity contribution in [2.75, 3.05) is 16.4 Å². The fourth-order valence-corrected chi connectivity index (χ4v) is 3.91. The second kappa shape index (κ2) is 9.43. The lowest BCUT2D eigenvalue weighted by atomic mass is 10.1. The van der Waals surface area contributed by atoms with Gasteiger partial charge in [0.1, 0.15) is 5.82 Å². The Morgan fingerprint density at radius 1 is 1.07 bits per heavy atom. The van der Waals surface area contributed by atoms with Gasteiger partial charge < -0.3 is 10.6 Å². The highest BCUT2D eigenvalue weighted by Gasteiger charge is 2.10. The number of halogens is 1. The van der Waals surface area contributed by atoms with E-state index >= 15 is 0 Å². The third-order valence-corrected chi connectivity index (χ3v) is 5.63. The number of aromatic nitrogens is 2. The van der Waals surface area contributed by atoms with Crippen molar-refractivity contribution in [3.05, 3.63) is 65.5 Å². The predicted molar refractivity (Wildman–Crippen MR) is 109 cm³/mol. The maximum absolute atomic E-state index is 12.9. The van der Waals surface area contributed by atoms with Gasteiger partial charge in [0, 0.05) is 24.7 Å². The number of nitrogens with one attached hydrogen (secondary N) is 2. The van der Waals surface area contributed by atoms with E-state index in [0.717, 1.165) is 5.56 Å². The smallest absolute Gasteiger partial charge is 0.221 e. The molecule has 3 rings (SSSR count). The number of hydrogen-bond donors (Lipinski definition) is 2. The van der Waals surface area contributed by atoms with Crippen molar-refractivity contribution in [2.45, 2.75) is 17.8 Å². The molecule has 9 heteroatoms. The Kier molecular flexibility index (Phi) is 6.72. The van der Waals surface area contributed by atoms with Crippen molar-refractivity contribution in [3.63, 3.8) is 0 Å². The first-order valence-corrected chi connectivity index (χ1v) is 10.2. The molecular weight excluding hydrogens is 399 g/mol. The van der Waals surface area contributed by atoms with Crippen molar-refractivity contribution in [3.8, 4) is 0 Å². The molecule has 0 aliphatic heterocycles. The summed E-state index contributed by atoms with van der Waals surface area (Å²) in [5, 5.41) is 14.5. The Morgan fingerprint density at radius 2 is 1.79 bits per heavy atom. The van der Waals surface area contributed by atoms with Crippen LogP contribution < -0.4 is 10.6 Å². The van der Waals surface area contributed by atoms with Crippen LogP contribution >= 0.6 is 23.1 Å². The molecule has 0 aliphatic carbocycles. The van der Waals surface area contributed by atoms with E-state index < -0.39 is 0 Å². The lowest BCUT2D eigenvalue weighted by Gasteiger charge is -2.03. The van der Waals surface area contributed by atoms with Crippen LogP contribution in [-0.4, -0.2) is 27.6 Å². The first kappa shape index (κ1) is 20.0. The molecule has 2 N–H and O–H groups in total. The van der Waals surface area contributed by atoms with Crippen LogP contribution in [0.4, 0.5) is 15.2 Å². The summed E-state index contributed by atoms with van der Waals surface area (Å²) in [4.78, 5) is 23.3. The Labute approximate surface area is 169 Å². The van der Waals surface area contributed by atoms with Gasteiger partial charge in [0.05, 0.1) is 5.75 Å². The number of ketones is 1. The van der Waals surface area contributed by atoms with Crippen LogP contribution in [0.15, 0.2) is 52.9 Å². The third kappa shape index (κ3) is 5.86. The van der Waals surface area contributed by atoms with Gasteiger partial charge in [0.15, 0.2) is 10.1 Å². The van der Waals surface area contributed by atoms with Gasteiger partial charge in [-0.25, -0.2) is 4.39 Å². The van der Waals surface area contributed by atoms with Crippen LogP contribution in [-0.2, 0) is 11.3 Å². The summed E-state index contributed by atoms with van der Waals surface area (Å²) in [5.74, 6) is -0.218. The van der Waals surface area contributed by atoms with E-state index in [4.69, 9.17) is 0 Å². The second-order valence-electron chi connectivity index (χ2n) is 5.82. The van der Waals surface area contributed by atoms with Gasteiger partial charge in [0.2, 0.25) is 11.0 Å². The number of amides is 1. The van der Waals surface area contributed by atoms with Gasteiger partial charge in [0.25, 0.3) is 0 Å². The molecule has 0 saturated heterocycles. The van der Waals surface area contributed by atoms with Crippen LogP contribution in [0, 0.1) is 5.82 Å². The minimum atomic E-state index is -0.271. The van der Waals surface area contributed by atoms with Gasteiger partial charge in [-0.1, -0.05) is 35.2 Å². The Bertz CT molecular complexity index is 959. The zero-order valence-corrected chi connectivity index (χ0v) is 16.6. The predicted octanol–water partition coefficient (Wildman–Crippen LogP) is 4.22. The molecule has 3 aromatic rings. The molecule has 28 heavy (non-hydrogen) atoms. The fourth-order valence-electron chi connectivity index (χ4n) is 2.27. The van der Waals surface area contributed by atoms with Gasteiger partial charge in [-0.05, 0) is 42.0 Å². The summed E-state index contributed by atoms with van der Waals surface area (Å²) >= 11 is 2.68. The molecule has 1 heterocycles. The van der Waals surface area contributed by atoms with Crippen molar-refractivity contribution in [1.29, 1.82) is 0 Å². The van der Waals surface area contributed by atoms with E-state index in [1.807, 2.05) is 0 Å². The maximum Gasteiger partial charge on any atom is 0.221 e. The van der Waals surface area contributed by atoms with Crippen LogP contribution in [0.25, 0.3) is 0 Å². The molecule has 144 valence electrons. The Hall–Kier alpha value is -2.78. The number of benzene rings is 2. The number of nitrogens with zero attached hydrogens (tertiary/aromatic N) is 2. The molecule has 0 unspecified atom stereocenters. The summed E-state index contributed by atoms with van der Waals surface area (Å²) in [5.41, 5.74) is 2.15. The summed E-state index contributed by atoms with van der Waals surface area (Å²) in [7, 11) is 0. The molecule has 6 nitrogen and oxygen atoms in total. The zero-order chi connectivity index (χ0) is 19.9. The fraction of sp³-hybridized carbons (Fsp3) is 0.158. The SMILES string of the molecule is CC(=O)Nc1ccc(C(=O)CSc2nnc(NCc3ccc(F)cc3)s2)cc1. The number of thioether (sulfide) groups is 1. The molecule has 0 aliphatic rings. The van der Waals surface area contributed by atoms with Crippen molar-refractivity contribution in [2.24, 2.45) is 0 Å². The highest BCUT2D eigenvalue weighted by molar-refractivity contribution is 8.01. The maximum atomic E-state index is 12.9. The summed E-state index contributed by atoms with van der Waals surface area (Å²) < 4.78 is 13.6. The highest BCUT2D eigenvalue weighted by Crippen LogP contribution is 2.26. The summed E-state index contributed by atoms with van der Waals surface area (Å²) in [6.45, 7) is 1.94. The monoisotopic (exact) mass is 416 g/mol. The van der Waals surface area contributed by atoms with Gasteiger partial charge in [-0.15, -0.1) is 10.2 Å². The van der Waals surface area contributed by atoms with E-state index in [2.05, 4.69) is 20.8 Å². The van der Waals surface area contributed by atoms with Crippen LogP contribution in [0.1, 0.15) is 22.8 Å². The minimum absolute atomic E-state index is 0.0320. The van der Waals surface area contributed by atoms with E-state index in [0.29, 0.717) is 27.3 Å². The first-order valence-electron chi connectivity index (χ1n) is 8.35. The standard InChI is InChI=1S/C19H17FN4O2S2/c1-12(25)22-16-8-4-14(5-9-16)17(26)11-27-19-24-23-18(28-19)21-10-13-2-6-15(20)7-3-13/h2-9H,10-11H2,1H3,(H,21,23)(H,22,25). The molecule has 1 aromatic heterocycles. The van der Waals surface area contributed by atoms with E-state index in [1.165, 1.54) is 42.2 Å². The normalized spacial score (nSPS) is 10.5.